The van der Waals surface area contributed by atoms with Crippen molar-refractivity contribution in [2.24, 2.45) is 11.8 Å². The third kappa shape index (κ3) is 2.15. The number of fused-ring (bicyclic) bond motifs is 1. The molecular formula is C16H23NO2. The predicted octanol–water partition coefficient (Wildman–Crippen LogP) is 2.24. The first kappa shape index (κ1) is 12.9. The zero-order valence-electron chi connectivity index (χ0n) is 12.0. The van der Waals surface area contributed by atoms with E-state index >= 15 is 0 Å². The van der Waals surface area contributed by atoms with Gasteiger partial charge in [0.15, 0.2) is 0 Å². The van der Waals surface area contributed by atoms with Gasteiger partial charge >= 0.3 is 0 Å². The molecular weight excluding hydrogens is 238 g/mol. The van der Waals surface area contributed by atoms with E-state index in [0.29, 0.717) is 0 Å². The summed E-state index contributed by atoms with van der Waals surface area (Å²) in [4.78, 5) is 2.46. The molecule has 3 heteroatoms. The van der Waals surface area contributed by atoms with Crippen LogP contribution in [-0.4, -0.2) is 36.2 Å². The number of likely N-dealkylation sites (tertiary alicyclic amines) is 1. The van der Waals surface area contributed by atoms with E-state index in [1.54, 1.807) is 7.11 Å². The summed E-state index contributed by atoms with van der Waals surface area (Å²) < 4.78 is 5.26. The Labute approximate surface area is 115 Å². The highest BCUT2D eigenvalue weighted by atomic mass is 16.5. The average Bonchev–Trinajstić information content (AvgIpc) is 2.91. The molecule has 4 atom stereocenters. The van der Waals surface area contributed by atoms with Crippen LogP contribution in [0, 0.1) is 11.8 Å². The highest BCUT2D eigenvalue weighted by Gasteiger charge is 2.39. The van der Waals surface area contributed by atoms with Crippen LogP contribution in [0.25, 0.3) is 0 Å². The zero-order chi connectivity index (χ0) is 13.6. The number of ether oxygens (including phenoxy) is 1. The smallest absolute Gasteiger partial charge is 0.119 e. The molecule has 1 aliphatic heterocycles. The van der Waals surface area contributed by atoms with Crippen LogP contribution in [0.4, 0.5) is 0 Å². The normalized spacial score (nSPS) is 34.5. The standard InChI is InChI=1S/C16H23NO2/c1-10-8-17(9-11(10)2)15-6-12-4-5-13(19-3)7-14(12)16(15)18/h4-5,7,10-11,15-16,18H,6,8-9H2,1-3H3. The molecule has 0 spiro atoms. The van der Waals surface area contributed by atoms with Crippen molar-refractivity contribution < 1.29 is 9.84 Å². The maximum absolute atomic E-state index is 10.6. The molecule has 0 saturated carbocycles. The Kier molecular flexibility index (Phi) is 3.27. The van der Waals surface area contributed by atoms with Gasteiger partial charge in [-0.2, -0.15) is 0 Å². The number of hydrogen-bond donors (Lipinski definition) is 1. The quantitative estimate of drug-likeness (QED) is 0.886. The first-order valence-corrected chi connectivity index (χ1v) is 7.19. The van der Waals surface area contributed by atoms with Crippen molar-refractivity contribution in [1.82, 2.24) is 4.90 Å². The van der Waals surface area contributed by atoms with E-state index in [1.165, 1.54) is 5.56 Å². The molecule has 1 aromatic rings. The molecule has 104 valence electrons. The van der Waals surface area contributed by atoms with Gasteiger partial charge in [0, 0.05) is 19.1 Å². The summed E-state index contributed by atoms with van der Waals surface area (Å²) >= 11 is 0. The van der Waals surface area contributed by atoms with Gasteiger partial charge in [-0.25, -0.2) is 0 Å². The lowest BCUT2D eigenvalue weighted by Gasteiger charge is -2.26. The van der Waals surface area contributed by atoms with Crippen molar-refractivity contribution in [2.75, 3.05) is 20.2 Å². The van der Waals surface area contributed by atoms with E-state index in [0.717, 1.165) is 42.7 Å². The zero-order valence-corrected chi connectivity index (χ0v) is 12.0. The van der Waals surface area contributed by atoms with Crippen molar-refractivity contribution in [1.29, 1.82) is 0 Å². The molecule has 1 N–H and O–H groups in total. The lowest BCUT2D eigenvalue weighted by molar-refractivity contribution is 0.0719. The molecule has 19 heavy (non-hydrogen) atoms. The highest BCUT2D eigenvalue weighted by molar-refractivity contribution is 5.41. The Morgan fingerprint density at radius 2 is 1.89 bits per heavy atom. The number of aliphatic hydroxyl groups is 1. The van der Waals surface area contributed by atoms with E-state index in [4.69, 9.17) is 4.74 Å². The third-order valence-corrected chi connectivity index (χ3v) is 4.95. The summed E-state index contributed by atoms with van der Waals surface area (Å²) in [5.74, 6) is 2.29. The lowest BCUT2D eigenvalue weighted by atomic mass is 10.0. The third-order valence-electron chi connectivity index (χ3n) is 4.95. The molecule has 0 amide bonds. The van der Waals surface area contributed by atoms with Crippen molar-refractivity contribution in [3.63, 3.8) is 0 Å². The lowest BCUT2D eigenvalue weighted by Crippen LogP contribution is -2.36. The molecule has 1 heterocycles. The molecule has 0 aromatic heterocycles. The number of rotatable bonds is 2. The average molecular weight is 261 g/mol. The van der Waals surface area contributed by atoms with Gasteiger partial charge in [-0.3, -0.25) is 4.90 Å². The Bertz CT molecular complexity index is 464. The second-order valence-corrected chi connectivity index (χ2v) is 6.19. The molecule has 3 nitrogen and oxygen atoms in total. The molecule has 1 saturated heterocycles. The Balaban J connectivity index is 1.81. The summed E-state index contributed by atoms with van der Waals surface area (Å²) in [5, 5.41) is 10.6. The van der Waals surface area contributed by atoms with E-state index in [9.17, 15) is 5.11 Å². The molecule has 0 radical (unpaired) electrons. The molecule has 1 fully saturated rings. The predicted molar refractivity (Wildman–Crippen MR) is 75.3 cm³/mol. The number of methoxy groups -OCH3 is 1. The second-order valence-electron chi connectivity index (χ2n) is 6.19. The summed E-state index contributed by atoms with van der Waals surface area (Å²) in [6, 6.07) is 6.32. The summed E-state index contributed by atoms with van der Waals surface area (Å²) in [7, 11) is 1.67. The minimum Gasteiger partial charge on any atom is -0.497 e. The fourth-order valence-electron chi connectivity index (χ4n) is 3.48. The molecule has 0 bridgehead atoms. The number of aliphatic hydroxyl groups excluding tert-OH is 1. The number of hydrogen-bond acceptors (Lipinski definition) is 3. The Morgan fingerprint density at radius 1 is 1.21 bits per heavy atom. The summed E-state index contributed by atoms with van der Waals surface area (Å²) in [6.45, 7) is 6.83. The highest BCUT2D eigenvalue weighted by Crippen LogP contribution is 2.39. The fourth-order valence-corrected chi connectivity index (χ4v) is 3.48. The Hall–Kier alpha value is -1.06. The minimum absolute atomic E-state index is 0.245. The van der Waals surface area contributed by atoms with E-state index in [-0.39, 0.29) is 12.1 Å². The monoisotopic (exact) mass is 261 g/mol. The van der Waals surface area contributed by atoms with Gasteiger partial charge in [0.25, 0.3) is 0 Å². The number of benzene rings is 1. The van der Waals surface area contributed by atoms with Gasteiger partial charge in [-0.15, -0.1) is 0 Å². The van der Waals surface area contributed by atoms with Crippen LogP contribution in [0.5, 0.6) is 5.75 Å². The molecule has 4 unspecified atom stereocenters. The molecule has 1 aromatic carbocycles. The summed E-state index contributed by atoms with van der Waals surface area (Å²) in [6.07, 6.45) is 0.586. The SMILES string of the molecule is COc1ccc2c(c1)C(O)C(N1CC(C)C(C)C1)C2. The first-order valence-electron chi connectivity index (χ1n) is 7.19. The summed E-state index contributed by atoms with van der Waals surface area (Å²) in [5.41, 5.74) is 2.32. The minimum atomic E-state index is -0.373. The van der Waals surface area contributed by atoms with Crippen molar-refractivity contribution in [3.05, 3.63) is 29.3 Å². The number of nitrogens with zero attached hydrogens (tertiary/aromatic N) is 1. The van der Waals surface area contributed by atoms with Crippen LogP contribution in [0.1, 0.15) is 31.1 Å². The second kappa shape index (κ2) is 4.80. The van der Waals surface area contributed by atoms with E-state index in [1.807, 2.05) is 12.1 Å². The van der Waals surface area contributed by atoms with E-state index in [2.05, 4.69) is 24.8 Å². The molecule has 3 rings (SSSR count). The molecule has 1 aliphatic carbocycles. The van der Waals surface area contributed by atoms with Gasteiger partial charge in [0.2, 0.25) is 0 Å². The van der Waals surface area contributed by atoms with Crippen LogP contribution in [0.3, 0.4) is 0 Å². The first-order chi connectivity index (χ1) is 9.10. The molecule has 2 aliphatic rings. The van der Waals surface area contributed by atoms with Crippen LogP contribution in [0.2, 0.25) is 0 Å². The van der Waals surface area contributed by atoms with Crippen molar-refractivity contribution in [3.8, 4) is 5.75 Å². The van der Waals surface area contributed by atoms with Crippen molar-refractivity contribution in [2.45, 2.75) is 32.4 Å². The Morgan fingerprint density at radius 3 is 2.53 bits per heavy atom. The van der Waals surface area contributed by atoms with E-state index < -0.39 is 0 Å². The van der Waals surface area contributed by atoms with Gasteiger partial charge < -0.3 is 9.84 Å². The van der Waals surface area contributed by atoms with Gasteiger partial charge in [-0.05, 0) is 41.5 Å². The fraction of sp³-hybridized carbons (Fsp3) is 0.625. The maximum Gasteiger partial charge on any atom is 0.119 e. The van der Waals surface area contributed by atoms with Crippen LogP contribution < -0.4 is 4.74 Å². The maximum atomic E-state index is 10.6. The topological polar surface area (TPSA) is 32.7 Å². The van der Waals surface area contributed by atoms with Crippen LogP contribution >= 0.6 is 0 Å². The van der Waals surface area contributed by atoms with Crippen LogP contribution in [0.15, 0.2) is 18.2 Å². The van der Waals surface area contributed by atoms with Crippen molar-refractivity contribution >= 4 is 0 Å². The van der Waals surface area contributed by atoms with Gasteiger partial charge in [0.05, 0.1) is 13.2 Å². The van der Waals surface area contributed by atoms with Gasteiger partial charge in [-0.1, -0.05) is 19.9 Å². The van der Waals surface area contributed by atoms with Crippen LogP contribution in [-0.2, 0) is 6.42 Å². The largest absolute Gasteiger partial charge is 0.497 e. The van der Waals surface area contributed by atoms with Gasteiger partial charge in [0.1, 0.15) is 5.75 Å².